The normalized spacial score (nSPS) is 20.6. The number of β-lactam (4-membered cyclic amide) rings is 1. The summed E-state index contributed by atoms with van der Waals surface area (Å²) in [6.07, 6.45) is 0. The highest BCUT2D eigenvalue weighted by atomic mass is 32.2. The van der Waals surface area contributed by atoms with E-state index >= 15 is 0 Å². The molecule has 2 atom stereocenters. The van der Waals surface area contributed by atoms with Crippen LogP contribution in [0.4, 0.5) is 5.13 Å². The van der Waals surface area contributed by atoms with Crippen LogP contribution in [-0.4, -0.2) is 94.7 Å². The average Bonchev–Trinajstić information content (AvgIpc) is 3.36. The van der Waals surface area contributed by atoms with Crippen molar-refractivity contribution in [2.75, 3.05) is 31.0 Å². The zero-order valence-electron chi connectivity index (χ0n) is 22.2. The molecule has 0 aromatic carbocycles. The van der Waals surface area contributed by atoms with E-state index in [2.05, 4.69) is 25.7 Å². The van der Waals surface area contributed by atoms with Gasteiger partial charge in [0.1, 0.15) is 23.4 Å². The van der Waals surface area contributed by atoms with Gasteiger partial charge in [0.2, 0.25) is 0 Å². The van der Waals surface area contributed by atoms with Gasteiger partial charge >= 0.3 is 11.5 Å². The maximum absolute atomic E-state index is 13.5. The molecule has 2 aromatic heterocycles. The molecule has 1 saturated heterocycles. The van der Waals surface area contributed by atoms with Crippen molar-refractivity contribution >= 4 is 63.5 Å². The fraction of sp³-hybridized carbons (Fsp3) is 0.455. The van der Waals surface area contributed by atoms with Gasteiger partial charge in [-0.05, 0) is 11.5 Å². The minimum absolute atomic E-state index is 0.0550. The molecule has 4 rings (SSSR count). The molecule has 2 aliphatic heterocycles. The number of thioether (sulfide) groups is 2. The van der Waals surface area contributed by atoms with Gasteiger partial charge in [0, 0.05) is 31.0 Å². The molecule has 41 heavy (non-hydrogen) atoms. The third-order valence-electron chi connectivity index (χ3n) is 5.87. The van der Waals surface area contributed by atoms with Crippen LogP contribution in [0.3, 0.4) is 0 Å². The molecule has 0 spiro atoms. The number of carbonyl (C=O) groups is 3. The molecule has 0 bridgehead atoms. The Labute approximate surface area is 245 Å². The van der Waals surface area contributed by atoms with E-state index in [1.807, 2.05) is 13.8 Å². The molecular weight excluding hydrogens is 600 g/mol. The van der Waals surface area contributed by atoms with Crippen molar-refractivity contribution in [1.29, 1.82) is 0 Å². The number of aromatic nitrogens is 4. The Balaban J connectivity index is 1.58. The standard InChI is InChI=1S/C22H26N8O8S3/c1-9(2)5-38-28-12(11-8-40-20(23)24-11)14(31)25-22(37-4)18(36)30-13(17(34)35)10(6-39-19(22)30)7-41-21-27-26-15(32)16(33)29(21)3/h8-9,19H,5-7H2,1-4H3,(H2,23,24)(H,25,31)(H,26,32)(H,34,35)/t19-,22?/m0/s1. The van der Waals surface area contributed by atoms with Crippen LogP contribution in [0.25, 0.3) is 0 Å². The SMILES string of the molecule is COC1(NC(=O)C(=NOCC(C)C)c2csc(N)n2)C(=O)N2C(C(=O)O)=C(CSc3nnc(O)c(=O)n3C)CS[C@H]21. The summed E-state index contributed by atoms with van der Waals surface area (Å²) >= 11 is 3.28. The molecule has 2 aromatic rings. The summed E-state index contributed by atoms with van der Waals surface area (Å²) in [5.41, 5.74) is 3.08. The molecule has 5 N–H and O–H groups in total. The van der Waals surface area contributed by atoms with Gasteiger partial charge in [-0.15, -0.1) is 33.3 Å². The van der Waals surface area contributed by atoms with Gasteiger partial charge in [-0.1, -0.05) is 30.8 Å². The average molecular weight is 627 g/mol. The predicted octanol–water partition coefficient (Wildman–Crippen LogP) is -0.199. The van der Waals surface area contributed by atoms with Crippen LogP contribution < -0.4 is 16.6 Å². The Morgan fingerprint density at radius 3 is 2.71 bits per heavy atom. The van der Waals surface area contributed by atoms with Crippen molar-refractivity contribution in [3.63, 3.8) is 0 Å². The predicted molar refractivity (Wildman–Crippen MR) is 149 cm³/mol. The summed E-state index contributed by atoms with van der Waals surface area (Å²) in [5.74, 6) is -3.42. The van der Waals surface area contributed by atoms with Crippen LogP contribution in [0.15, 0.2) is 31.8 Å². The second kappa shape index (κ2) is 12.0. The Morgan fingerprint density at radius 2 is 2.10 bits per heavy atom. The number of carboxylic acid groups (broad SMARTS) is 1. The smallest absolute Gasteiger partial charge is 0.352 e. The number of aromatic hydroxyl groups is 1. The van der Waals surface area contributed by atoms with Crippen LogP contribution in [-0.2, 0) is 31.0 Å². The number of methoxy groups -OCH3 is 1. The minimum atomic E-state index is -1.90. The summed E-state index contributed by atoms with van der Waals surface area (Å²) < 4.78 is 6.59. The number of carbonyl (C=O) groups excluding carboxylic acids is 2. The lowest BCUT2D eigenvalue weighted by atomic mass is 9.98. The quantitative estimate of drug-likeness (QED) is 0.0834. The lowest BCUT2D eigenvalue weighted by Crippen LogP contribution is -2.81. The number of fused-ring (bicyclic) bond motifs is 1. The maximum Gasteiger partial charge on any atom is 0.352 e. The molecule has 0 aliphatic carbocycles. The second-order valence-electron chi connectivity index (χ2n) is 9.15. The Bertz CT molecular complexity index is 1510. The van der Waals surface area contributed by atoms with Crippen LogP contribution >= 0.6 is 34.9 Å². The highest BCUT2D eigenvalue weighted by molar-refractivity contribution is 8.01. The number of thiazole rings is 1. The van der Waals surface area contributed by atoms with Crippen LogP contribution in [0.1, 0.15) is 19.5 Å². The molecular formula is C22H26N8O8S3. The number of amides is 2. The molecule has 4 heterocycles. The second-order valence-corrected chi connectivity index (χ2v) is 12.0. The van der Waals surface area contributed by atoms with E-state index in [-0.39, 0.29) is 51.4 Å². The summed E-state index contributed by atoms with van der Waals surface area (Å²) in [6, 6.07) is 0. The Hall–Kier alpha value is -3.68. The van der Waals surface area contributed by atoms with Crippen LogP contribution in [0, 0.1) is 5.92 Å². The number of carboxylic acids is 1. The summed E-state index contributed by atoms with van der Waals surface area (Å²) in [6.45, 7) is 4.02. The van der Waals surface area contributed by atoms with Crippen molar-refractivity contribution in [3.8, 4) is 5.88 Å². The summed E-state index contributed by atoms with van der Waals surface area (Å²) in [5, 5.41) is 34.0. The van der Waals surface area contributed by atoms with E-state index < -0.39 is 40.3 Å². The monoisotopic (exact) mass is 626 g/mol. The maximum atomic E-state index is 13.5. The van der Waals surface area contributed by atoms with Crippen LogP contribution in [0.5, 0.6) is 5.88 Å². The number of rotatable bonds is 11. The van der Waals surface area contributed by atoms with E-state index in [9.17, 15) is 29.4 Å². The molecule has 2 amide bonds. The lowest BCUT2D eigenvalue weighted by Gasteiger charge is -2.55. The fourth-order valence-electron chi connectivity index (χ4n) is 3.85. The highest BCUT2D eigenvalue weighted by Crippen LogP contribution is 2.47. The van der Waals surface area contributed by atoms with Crippen molar-refractivity contribution in [1.82, 2.24) is 30.0 Å². The number of hydrogen-bond acceptors (Lipinski definition) is 15. The largest absolute Gasteiger partial charge is 0.488 e. The molecule has 2 aliphatic rings. The molecule has 19 heteroatoms. The van der Waals surface area contributed by atoms with Crippen molar-refractivity contribution in [2.24, 2.45) is 18.1 Å². The van der Waals surface area contributed by atoms with Gasteiger partial charge in [0.25, 0.3) is 23.4 Å². The third kappa shape index (κ3) is 5.74. The molecule has 1 unspecified atom stereocenters. The topological polar surface area (TPSA) is 224 Å². The molecule has 16 nitrogen and oxygen atoms in total. The number of hydrogen-bond donors (Lipinski definition) is 4. The highest BCUT2D eigenvalue weighted by Gasteiger charge is 2.66. The third-order valence-corrected chi connectivity index (χ3v) is 9.02. The number of oxime groups is 1. The molecule has 0 saturated carbocycles. The molecule has 0 radical (unpaired) electrons. The van der Waals surface area contributed by atoms with Gasteiger partial charge in [0.05, 0.1) is 0 Å². The molecule has 1 fully saturated rings. The molecule has 220 valence electrons. The first-order chi connectivity index (χ1) is 19.4. The summed E-state index contributed by atoms with van der Waals surface area (Å²) in [4.78, 5) is 61.6. The van der Waals surface area contributed by atoms with Gasteiger partial charge in [-0.25, -0.2) is 9.78 Å². The van der Waals surface area contributed by atoms with Gasteiger partial charge in [-0.3, -0.25) is 23.9 Å². The number of ether oxygens (including phenoxy) is 1. The van der Waals surface area contributed by atoms with Gasteiger partial charge in [-0.2, -0.15) is 0 Å². The van der Waals surface area contributed by atoms with E-state index in [0.29, 0.717) is 5.57 Å². The minimum Gasteiger partial charge on any atom is -0.488 e. The van der Waals surface area contributed by atoms with E-state index in [1.165, 1.54) is 31.3 Å². The van der Waals surface area contributed by atoms with Gasteiger partial charge < -0.3 is 30.8 Å². The van der Waals surface area contributed by atoms with E-state index in [0.717, 1.165) is 32.6 Å². The first kappa shape index (κ1) is 30.3. The first-order valence-electron chi connectivity index (χ1n) is 11.9. The summed E-state index contributed by atoms with van der Waals surface area (Å²) in [7, 11) is 2.61. The number of nitrogens with zero attached hydrogens (tertiary/aromatic N) is 6. The van der Waals surface area contributed by atoms with Crippen LogP contribution in [0.2, 0.25) is 0 Å². The Morgan fingerprint density at radius 1 is 1.37 bits per heavy atom. The lowest BCUT2D eigenvalue weighted by molar-refractivity contribution is -0.191. The van der Waals surface area contributed by atoms with Crippen molar-refractivity contribution in [2.45, 2.75) is 30.1 Å². The number of nitrogens with one attached hydrogen (secondary N) is 1. The number of nitrogens with two attached hydrogens (primary N) is 1. The first-order valence-corrected chi connectivity index (χ1v) is 14.8. The number of aliphatic carboxylic acids is 1. The van der Waals surface area contributed by atoms with Crippen molar-refractivity contribution < 1.29 is 34.2 Å². The fourth-order valence-corrected chi connectivity index (χ4v) is 6.88. The Kier molecular flexibility index (Phi) is 8.90. The zero-order valence-corrected chi connectivity index (χ0v) is 24.6. The van der Waals surface area contributed by atoms with Crippen molar-refractivity contribution in [3.05, 3.63) is 32.7 Å². The van der Waals surface area contributed by atoms with Gasteiger partial charge in [0.15, 0.2) is 16.0 Å². The zero-order chi connectivity index (χ0) is 30.1. The number of anilines is 1. The van der Waals surface area contributed by atoms with E-state index in [1.54, 1.807) is 0 Å². The van der Waals surface area contributed by atoms with E-state index in [4.69, 9.17) is 15.3 Å². The number of nitrogen functional groups attached to an aromatic ring is 1.